The minimum absolute atomic E-state index is 0.137. The molecule has 1 saturated heterocycles. The smallest absolute Gasteiger partial charge is 0.141 e. The van der Waals surface area contributed by atoms with Crippen LogP contribution in [0, 0.1) is 0 Å². The Bertz CT molecular complexity index is 408. The van der Waals surface area contributed by atoms with Gasteiger partial charge >= 0.3 is 0 Å². The average molecular weight is 264 g/mol. The van der Waals surface area contributed by atoms with E-state index in [1.54, 1.807) is 0 Å². The number of aromatic nitrogens is 2. The molecule has 0 saturated carbocycles. The van der Waals surface area contributed by atoms with E-state index in [-0.39, 0.29) is 11.9 Å². The van der Waals surface area contributed by atoms with Crippen molar-refractivity contribution in [3.05, 3.63) is 18.0 Å². The first-order valence-electron chi connectivity index (χ1n) is 7.36. The minimum atomic E-state index is 0.137. The van der Waals surface area contributed by atoms with Crippen molar-refractivity contribution < 1.29 is 9.53 Å². The van der Waals surface area contributed by atoms with Crippen molar-refractivity contribution in [3.8, 4) is 0 Å². The molecule has 0 amide bonds. The average Bonchev–Trinajstić information content (AvgIpc) is 2.87. The van der Waals surface area contributed by atoms with Crippen molar-refractivity contribution >= 4 is 5.78 Å². The molecule has 2 atom stereocenters. The van der Waals surface area contributed by atoms with Crippen LogP contribution < -0.4 is 0 Å². The first-order chi connectivity index (χ1) is 9.19. The first kappa shape index (κ1) is 14.3. The lowest BCUT2D eigenvalue weighted by Crippen LogP contribution is -2.23. The molecule has 2 rings (SSSR count). The highest BCUT2D eigenvalue weighted by atomic mass is 16.5. The van der Waals surface area contributed by atoms with Crippen LogP contribution in [0.25, 0.3) is 0 Å². The summed E-state index contributed by atoms with van der Waals surface area (Å²) in [5.41, 5.74) is 0.876. The van der Waals surface area contributed by atoms with E-state index in [0.29, 0.717) is 18.9 Å². The summed E-state index contributed by atoms with van der Waals surface area (Å²) >= 11 is 0. The number of carbonyl (C=O) groups is 1. The van der Waals surface area contributed by atoms with Crippen molar-refractivity contribution in [2.45, 2.75) is 64.5 Å². The molecule has 4 nitrogen and oxygen atoms in total. The van der Waals surface area contributed by atoms with Gasteiger partial charge in [0.15, 0.2) is 0 Å². The van der Waals surface area contributed by atoms with Gasteiger partial charge in [0.05, 0.1) is 18.2 Å². The largest absolute Gasteiger partial charge is 0.378 e. The van der Waals surface area contributed by atoms with Gasteiger partial charge in [0.2, 0.25) is 0 Å². The van der Waals surface area contributed by atoms with Gasteiger partial charge in [-0.05, 0) is 38.7 Å². The van der Waals surface area contributed by atoms with E-state index in [1.165, 1.54) is 6.42 Å². The molecular weight excluding hydrogens is 240 g/mol. The molecule has 1 aromatic rings. The van der Waals surface area contributed by atoms with Crippen LogP contribution in [0.1, 0.15) is 57.7 Å². The van der Waals surface area contributed by atoms with Crippen LogP contribution in [-0.2, 0) is 16.0 Å². The van der Waals surface area contributed by atoms with Crippen LogP contribution in [0.3, 0.4) is 0 Å². The summed E-state index contributed by atoms with van der Waals surface area (Å²) in [5, 5.41) is 4.47. The normalized spacial score (nSPS) is 21.3. The molecule has 0 N–H and O–H groups in total. The fraction of sp³-hybridized carbons (Fsp3) is 0.733. The quantitative estimate of drug-likeness (QED) is 0.793. The molecule has 1 fully saturated rings. The van der Waals surface area contributed by atoms with Gasteiger partial charge in [-0.1, -0.05) is 6.92 Å². The zero-order valence-corrected chi connectivity index (χ0v) is 12.0. The first-order valence-corrected chi connectivity index (χ1v) is 7.36. The van der Waals surface area contributed by atoms with Crippen LogP contribution in [0.5, 0.6) is 0 Å². The van der Waals surface area contributed by atoms with E-state index in [1.807, 2.05) is 16.9 Å². The van der Waals surface area contributed by atoms with E-state index >= 15 is 0 Å². The second kappa shape index (κ2) is 6.85. The highest BCUT2D eigenvalue weighted by Crippen LogP contribution is 2.17. The fourth-order valence-corrected chi connectivity index (χ4v) is 2.40. The lowest BCUT2D eigenvalue weighted by molar-refractivity contribution is -0.122. The van der Waals surface area contributed by atoms with Crippen molar-refractivity contribution in [2.75, 3.05) is 6.61 Å². The Kier molecular flexibility index (Phi) is 5.14. The van der Waals surface area contributed by atoms with Crippen LogP contribution in [0.2, 0.25) is 0 Å². The summed E-state index contributed by atoms with van der Waals surface area (Å²) in [6.07, 6.45) is 7.45. The summed E-state index contributed by atoms with van der Waals surface area (Å²) in [6.45, 7) is 5.08. The highest BCUT2D eigenvalue weighted by molar-refractivity contribution is 5.80. The maximum Gasteiger partial charge on any atom is 0.141 e. The monoisotopic (exact) mass is 264 g/mol. The molecule has 0 aromatic carbocycles. The molecule has 19 heavy (non-hydrogen) atoms. The number of hydrogen-bond donors (Lipinski definition) is 0. The molecule has 0 spiro atoms. The number of rotatable bonds is 6. The number of carbonyl (C=O) groups excluding carboxylic acids is 1. The van der Waals surface area contributed by atoms with Gasteiger partial charge in [-0.3, -0.25) is 9.48 Å². The second-order valence-corrected chi connectivity index (χ2v) is 5.45. The maximum atomic E-state index is 12.0. The van der Waals surface area contributed by atoms with Crippen LogP contribution in [0.4, 0.5) is 0 Å². The Hall–Kier alpha value is -1.16. The van der Waals surface area contributed by atoms with Gasteiger partial charge in [-0.2, -0.15) is 5.10 Å². The molecule has 2 unspecified atom stereocenters. The Morgan fingerprint density at radius 1 is 1.58 bits per heavy atom. The lowest BCUT2D eigenvalue weighted by Gasteiger charge is -2.21. The third-order valence-electron chi connectivity index (χ3n) is 3.81. The third-order valence-corrected chi connectivity index (χ3v) is 3.81. The minimum Gasteiger partial charge on any atom is -0.378 e. The summed E-state index contributed by atoms with van der Waals surface area (Å²) in [7, 11) is 0. The summed E-state index contributed by atoms with van der Waals surface area (Å²) in [5.74, 6) is 0.237. The van der Waals surface area contributed by atoms with Gasteiger partial charge in [0.25, 0.3) is 0 Å². The number of Topliss-reactive ketones (excluding diaryl/α,β-unsaturated/α-hetero) is 1. The molecule has 106 valence electrons. The van der Waals surface area contributed by atoms with E-state index < -0.39 is 0 Å². The predicted molar refractivity (Wildman–Crippen MR) is 74.1 cm³/mol. The van der Waals surface area contributed by atoms with E-state index in [0.717, 1.165) is 31.6 Å². The molecule has 2 heterocycles. The van der Waals surface area contributed by atoms with Crippen LogP contribution in [0.15, 0.2) is 12.3 Å². The van der Waals surface area contributed by atoms with Crippen molar-refractivity contribution in [1.82, 2.24) is 9.78 Å². The molecule has 4 heteroatoms. The van der Waals surface area contributed by atoms with Gasteiger partial charge in [-0.25, -0.2) is 0 Å². The summed E-state index contributed by atoms with van der Waals surface area (Å²) < 4.78 is 7.54. The number of ketones is 1. The predicted octanol–water partition coefficient (Wildman–Crippen LogP) is 2.92. The zero-order valence-electron chi connectivity index (χ0n) is 12.0. The molecular formula is C15H24N2O2. The number of ether oxygens (including phenoxy) is 1. The molecule has 0 radical (unpaired) electrons. The standard InChI is InChI=1S/C15H24N2O2/c1-3-12(2)17-8-7-13(16-17)10-14(18)11-15-6-4-5-9-19-15/h7-8,12,15H,3-6,9-11H2,1-2H3. The molecule has 0 aliphatic carbocycles. The van der Waals surface area contributed by atoms with E-state index in [9.17, 15) is 4.79 Å². The van der Waals surface area contributed by atoms with Crippen molar-refractivity contribution in [1.29, 1.82) is 0 Å². The van der Waals surface area contributed by atoms with Gasteiger partial charge in [-0.15, -0.1) is 0 Å². The molecule has 1 aromatic heterocycles. The Morgan fingerprint density at radius 2 is 2.42 bits per heavy atom. The topological polar surface area (TPSA) is 44.1 Å². The Morgan fingerprint density at radius 3 is 3.11 bits per heavy atom. The number of nitrogens with zero attached hydrogens (tertiary/aromatic N) is 2. The van der Waals surface area contributed by atoms with Gasteiger partial charge in [0, 0.05) is 25.3 Å². The van der Waals surface area contributed by atoms with Gasteiger partial charge in [0.1, 0.15) is 5.78 Å². The maximum absolute atomic E-state index is 12.0. The Labute approximate surface area is 115 Å². The van der Waals surface area contributed by atoms with Crippen molar-refractivity contribution in [3.63, 3.8) is 0 Å². The summed E-state index contributed by atoms with van der Waals surface area (Å²) in [4.78, 5) is 12.0. The molecule has 0 bridgehead atoms. The SMILES string of the molecule is CCC(C)n1ccc(CC(=O)CC2CCCCO2)n1. The van der Waals surface area contributed by atoms with E-state index in [4.69, 9.17) is 4.74 Å². The third kappa shape index (κ3) is 4.16. The number of hydrogen-bond acceptors (Lipinski definition) is 3. The van der Waals surface area contributed by atoms with Gasteiger partial charge < -0.3 is 4.74 Å². The zero-order chi connectivity index (χ0) is 13.7. The lowest BCUT2D eigenvalue weighted by atomic mass is 10.0. The Balaban J connectivity index is 1.82. The molecule has 1 aliphatic heterocycles. The highest BCUT2D eigenvalue weighted by Gasteiger charge is 2.18. The molecule has 1 aliphatic rings. The second-order valence-electron chi connectivity index (χ2n) is 5.45. The van der Waals surface area contributed by atoms with Crippen LogP contribution >= 0.6 is 0 Å². The fourth-order valence-electron chi connectivity index (χ4n) is 2.40. The van der Waals surface area contributed by atoms with E-state index in [2.05, 4.69) is 18.9 Å². The van der Waals surface area contributed by atoms with Crippen molar-refractivity contribution in [2.24, 2.45) is 0 Å². The van der Waals surface area contributed by atoms with Crippen LogP contribution in [-0.4, -0.2) is 28.3 Å². The summed E-state index contributed by atoms with van der Waals surface area (Å²) in [6, 6.07) is 2.34.